The molecular formula is C13H22N4O. The predicted molar refractivity (Wildman–Crippen MR) is 70.8 cm³/mol. The van der Waals surface area contributed by atoms with E-state index in [1.807, 2.05) is 15.8 Å². The maximum atomic E-state index is 11.8. The highest BCUT2D eigenvalue weighted by Crippen LogP contribution is 2.24. The number of nitrogens with zero attached hydrogens (tertiary/aromatic N) is 3. The third-order valence-corrected chi connectivity index (χ3v) is 3.66. The van der Waals surface area contributed by atoms with Gasteiger partial charge in [0.05, 0.1) is 0 Å². The number of anilines is 1. The lowest BCUT2D eigenvalue weighted by Gasteiger charge is -2.17. The zero-order valence-electron chi connectivity index (χ0n) is 11.2. The molecule has 5 nitrogen and oxygen atoms in total. The molecule has 1 aromatic rings. The Morgan fingerprint density at radius 1 is 1.50 bits per heavy atom. The van der Waals surface area contributed by atoms with Crippen molar-refractivity contribution in [3.63, 3.8) is 0 Å². The number of rotatable bonds is 5. The fourth-order valence-corrected chi connectivity index (χ4v) is 2.39. The van der Waals surface area contributed by atoms with Gasteiger partial charge in [0.25, 0.3) is 0 Å². The summed E-state index contributed by atoms with van der Waals surface area (Å²) >= 11 is 0. The van der Waals surface area contributed by atoms with Crippen molar-refractivity contribution in [2.75, 3.05) is 18.8 Å². The molecule has 2 rings (SSSR count). The highest BCUT2D eigenvalue weighted by molar-refractivity contribution is 5.78. The number of hydrogen-bond acceptors (Lipinski definition) is 3. The maximum absolute atomic E-state index is 11.8. The van der Waals surface area contributed by atoms with E-state index in [4.69, 9.17) is 5.73 Å². The second-order valence-corrected chi connectivity index (χ2v) is 5.41. The summed E-state index contributed by atoms with van der Waals surface area (Å²) < 4.78 is 1.83. The Morgan fingerprint density at radius 3 is 2.83 bits per heavy atom. The first-order chi connectivity index (χ1) is 8.56. The molecule has 0 bridgehead atoms. The normalized spacial score (nSPS) is 20.1. The lowest BCUT2D eigenvalue weighted by molar-refractivity contribution is -0.127. The molecule has 1 atom stereocenters. The van der Waals surface area contributed by atoms with Gasteiger partial charge in [-0.2, -0.15) is 5.10 Å². The van der Waals surface area contributed by atoms with E-state index in [-0.39, 0.29) is 0 Å². The van der Waals surface area contributed by atoms with Crippen LogP contribution in [-0.4, -0.2) is 33.7 Å². The average molecular weight is 250 g/mol. The van der Waals surface area contributed by atoms with Crippen LogP contribution in [0.25, 0.3) is 0 Å². The molecule has 1 aromatic heterocycles. The van der Waals surface area contributed by atoms with E-state index in [1.54, 1.807) is 6.07 Å². The van der Waals surface area contributed by atoms with E-state index < -0.39 is 0 Å². The first-order valence-electron chi connectivity index (χ1n) is 6.63. The molecule has 5 heteroatoms. The molecule has 0 saturated carbocycles. The van der Waals surface area contributed by atoms with Crippen LogP contribution in [0.3, 0.4) is 0 Å². The Balaban J connectivity index is 1.75. The van der Waals surface area contributed by atoms with E-state index in [9.17, 15) is 4.79 Å². The molecule has 18 heavy (non-hydrogen) atoms. The van der Waals surface area contributed by atoms with Crippen LogP contribution >= 0.6 is 0 Å². The van der Waals surface area contributed by atoms with E-state index in [2.05, 4.69) is 18.9 Å². The molecular weight excluding hydrogens is 228 g/mol. The van der Waals surface area contributed by atoms with Gasteiger partial charge in [-0.25, -0.2) is 0 Å². The van der Waals surface area contributed by atoms with Crippen molar-refractivity contribution in [1.29, 1.82) is 0 Å². The number of likely N-dealkylation sites (tertiary alicyclic amines) is 1. The second-order valence-electron chi connectivity index (χ2n) is 5.41. The van der Waals surface area contributed by atoms with E-state index in [0.717, 1.165) is 26.1 Å². The number of hydrogen-bond donors (Lipinski definition) is 1. The van der Waals surface area contributed by atoms with E-state index >= 15 is 0 Å². The summed E-state index contributed by atoms with van der Waals surface area (Å²) in [5.41, 5.74) is 5.55. The van der Waals surface area contributed by atoms with E-state index in [1.165, 1.54) is 0 Å². The van der Waals surface area contributed by atoms with Crippen molar-refractivity contribution in [3.05, 3.63) is 12.3 Å². The maximum Gasteiger partial charge on any atom is 0.222 e. The highest BCUT2D eigenvalue weighted by Gasteiger charge is 2.30. The molecule has 0 aliphatic carbocycles. The smallest absolute Gasteiger partial charge is 0.222 e. The predicted octanol–water partition coefficient (Wildman–Crippen LogP) is 1.36. The van der Waals surface area contributed by atoms with Gasteiger partial charge >= 0.3 is 0 Å². The van der Waals surface area contributed by atoms with Gasteiger partial charge in [-0.3, -0.25) is 9.48 Å². The standard InChI is InChI=1S/C13H22N4O/c1-10(2)11-8-13(18)16(9-11)5-3-6-17-7-4-12(14)15-17/h4,7,10-11H,3,5-6,8-9H2,1-2H3,(H2,14,15). The van der Waals surface area contributed by atoms with E-state index in [0.29, 0.717) is 30.0 Å². The Labute approximate surface area is 108 Å². The number of nitrogen functional groups attached to an aromatic ring is 1. The van der Waals surface area contributed by atoms with Gasteiger partial charge in [-0.05, 0) is 24.3 Å². The van der Waals surface area contributed by atoms with Gasteiger partial charge in [-0.1, -0.05) is 13.8 Å². The third-order valence-electron chi connectivity index (χ3n) is 3.66. The summed E-state index contributed by atoms with van der Waals surface area (Å²) in [5.74, 6) is 1.96. The number of amides is 1. The molecule has 0 radical (unpaired) electrons. The second kappa shape index (κ2) is 5.42. The molecule has 1 aliphatic heterocycles. The number of carbonyl (C=O) groups is 1. The van der Waals surface area contributed by atoms with Gasteiger partial charge in [-0.15, -0.1) is 0 Å². The number of carbonyl (C=O) groups excluding carboxylic acids is 1. The van der Waals surface area contributed by atoms with Crippen molar-refractivity contribution < 1.29 is 4.79 Å². The molecule has 0 aromatic carbocycles. The summed E-state index contributed by atoms with van der Waals surface area (Å²) in [6.45, 7) is 6.93. The zero-order chi connectivity index (χ0) is 13.1. The van der Waals surface area contributed by atoms with Gasteiger partial charge in [0, 0.05) is 32.3 Å². The lowest BCUT2D eigenvalue weighted by atomic mass is 9.95. The Kier molecular flexibility index (Phi) is 3.89. The van der Waals surface area contributed by atoms with Crippen LogP contribution in [0.1, 0.15) is 26.7 Å². The largest absolute Gasteiger partial charge is 0.382 e. The van der Waals surface area contributed by atoms with Crippen molar-refractivity contribution in [2.45, 2.75) is 33.2 Å². The average Bonchev–Trinajstić information content (AvgIpc) is 2.87. The van der Waals surface area contributed by atoms with Crippen molar-refractivity contribution in [2.24, 2.45) is 11.8 Å². The summed E-state index contributed by atoms with van der Waals surface area (Å²) in [5, 5.41) is 4.13. The number of aromatic nitrogens is 2. The number of aryl methyl sites for hydroxylation is 1. The van der Waals surface area contributed by atoms with Crippen LogP contribution in [-0.2, 0) is 11.3 Å². The summed E-state index contributed by atoms with van der Waals surface area (Å²) in [6.07, 6.45) is 3.52. The van der Waals surface area contributed by atoms with Crippen LogP contribution in [0.15, 0.2) is 12.3 Å². The van der Waals surface area contributed by atoms with Crippen molar-refractivity contribution in [3.8, 4) is 0 Å². The minimum Gasteiger partial charge on any atom is -0.382 e. The molecule has 1 unspecified atom stereocenters. The summed E-state index contributed by atoms with van der Waals surface area (Å²) in [7, 11) is 0. The molecule has 1 fully saturated rings. The fraction of sp³-hybridized carbons (Fsp3) is 0.692. The van der Waals surface area contributed by atoms with Crippen LogP contribution in [0.2, 0.25) is 0 Å². The van der Waals surface area contributed by atoms with Crippen molar-refractivity contribution in [1.82, 2.24) is 14.7 Å². The van der Waals surface area contributed by atoms with Gasteiger partial charge < -0.3 is 10.6 Å². The Bertz CT molecular complexity index is 413. The highest BCUT2D eigenvalue weighted by atomic mass is 16.2. The molecule has 2 N–H and O–H groups in total. The van der Waals surface area contributed by atoms with Gasteiger partial charge in [0.1, 0.15) is 5.82 Å². The van der Waals surface area contributed by atoms with Crippen LogP contribution in [0, 0.1) is 11.8 Å². The zero-order valence-corrected chi connectivity index (χ0v) is 11.2. The van der Waals surface area contributed by atoms with Crippen LogP contribution < -0.4 is 5.73 Å². The molecule has 1 amide bonds. The molecule has 1 aliphatic rings. The molecule has 2 heterocycles. The van der Waals surface area contributed by atoms with Crippen molar-refractivity contribution >= 4 is 11.7 Å². The van der Waals surface area contributed by atoms with Crippen LogP contribution in [0.4, 0.5) is 5.82 Å². The third kappa shape index (κ3) is 3.03. The summed E-state index contributed by atoms with van der Waals surface area (Å²) in [4.78, 5) is 13.8. The van der Waals surface area contributed by atoms with Gasteiger partial charge in [0.2, 0.25) is 5.91 Å². The first-order valence-corrected chi connectivity index (χ1v) is 6.63. The Morgan fingerprint density at radius 2 is 2.28 bits per heavy atom. The quantitative estimate of drug-likeness (QED) is 0.858. The minimum absolute atomic E-state index is 0.300. The minimum atomic E-state index is 0.300. The fourth-order valence-electron chi connectivity index (χ4n) is 2.39. The first kappa shape index (κ1) is 12.9. The lowest BCUT2D eigenvalue weighted by Crippen LogP contribution is -2.27. The summed E-state index contributed by atoms with van der Waals surface area (Å²) in [6, 6.07) is 1.79. The molecule has 100 valence electrons. The molecule has 1 saturated heterocycles. The number of nitrogens with two attached hydrogens (primary N) is 1. The van der Waals surface area contributed by atoms with Gasteiger partial charge in [0.15, 0.2) is 0 Å². The monoisotopic (exact) mass is 250 g/mol. The molecule has 0 spiro atoms. The SMILES string of the molecule is CC(C)C1CC(=O)N(CCCn2ccc(N)n2)C1. The van der Waals surface area contributed by atoms with Crippen LogP contribution in [0.5, 0.6) is 0 Å². The Hall–Kier alpha value is -1.52. The topological polar surface area (TPSA) is 64.2 Å².